The fourth-order valence-corrected chi connectivity index (χ4v) is 2.42. The van der Waals surface area contributed by atoms with Crippen LogP contribution in [0.3, 0.4) is 0 Å². The molecule has 2 aromatic rings. The van der Waals surface area contributed by atoms with Gasteiger partial charge in [-0.05, 0) is 12.1 Å². The summed E-state index contributed by atoms with van der Waals surface area (Å²) in [5.74, 6) is 0.228. The maximum atomic E-state index is 13.8. The monoisotopic (exact) mass is 259 g/mol. The highest BCUT2D eigenvalue weighted by atomic mass is 19.1. The maximum absolute atomic E-state index is 13.8. The van der Waals surface area contributed by atoms with Gasteiger partial charge in [-0.25, -0.2) is 9.37 Å². The van der Waals surface area contributed by atoms with Crippen LogP contribution in [0.2, 0.25) is 0 Å². The first-order chi connectivity index (χ1) is 9.16. The molecule has 0 saturated carbocycles. The van der Waals surface area contributed by atoms with Crippen LogP contribution in [0.15, 0.2) is 30.6 Å². The van der Waals surface area contributed by atoms with E-state index in [2.05, 4.69) is 9.55 Å². The lowest BCUT2D eigenvalue weighted by Gasteiger charge is -2.31. The smallest absolute Gasteiger partial charge is 0.136 e. The second kappa shape index (κ2) is 4.38. The lowest BCUT2D eigenvalue weighted by molar-refractivity contribution is 0.557. The summed E-state index contributed by atoms with van der Waals surface area (Å²) in [6.45, 7) is 2.13. The van der Waals surface area contributed by atoms with Crippen LogP contribution in [-0.4, -0.2) is 21.9 Å². The Morgan fingerprint density at radius 3 is 3.00 bits per heavy atom. The molecule has 1 aromatic heterocycles. The molecule has 19 heavy (non-hydrogen) atoms. The zero-order valence-corrected chi connectivity index (χ0v) is 10.3. The third-order valence-electron chi connectivity index (χ3n) is 3.35. The van der Waals surface area contributed by atoms with E-state index < -0.39 is 5.82 Å². The number of aromatic nitrogens is 2. The van der Waals surface area contributed by atoms with Gasteiger partial charge in [-0.1, -0.05) is 6.07 Å². The third-order valence-corrected chi connectivity index (χ3v) is 3.35. The maximum Gasteiger partial charge on any atom is 0.136 e. The molecule has 5 nitrogen and oxygen atoms in total. The Kier molecular flexibility index (Phi) is 2.70. The van der Waals surface area contributed by atoms with Crippen molar-refractivity contribution < 1.29 is 4.39 Å². The lowest BCUT2D eigenvalue weighted by atomic mass is 10.1. The number of nitrogens with zero attached hydrogens (tertiary/aromatic N) is 3. The van der Waals surface area contributed by atoms with Crippen molar-refractivity contribution in [2.75, 3.05) is 11.4 Å². The highest BCUT2D eigenvalue weighted by molar-refractivity contribution is 6.00. The summed E-state index contributed by atoms with van der Waals surface area (Å²) in [7, 11) is 0. The normalized spacial score (nSPS) is 14.3. The minimum Gasteiger partial charge on any atom is -0.384 e. The molecule has 1 aromatic carbocycles. The topological polar surface area (TPSA) is 70.9 Å². The summed E-state index contributed by atoms with van der Waals surface area (Å²) in [5.41, 5.74) is 6.32. The number of benzene rings is 1. The fraction of sp³-hybridized carbons (Fsp3) is 0.231. The van der Waals surface area contributed by atoms with Crippen molar-refractivity contribution >= 4 is 11.5 Å². The molecule has 1 aliphatic heterocycles. The Hall–Kier alpha value is -2.37. The number of halogens is 1. The van der Waals surface area contributed by atoms with Crippen LogP contribution in [-0.2, 0) is 13.1 Å². The summed E-state index contributed by atoms with van der Waals surface area (Å²) in [5, 5.41) is 7.54. The number of hydrogen-bond donors (Lipinski definition) is 2. The summed E-state index contributed by atoms with van der Waals surface area (Å²) >= 11 is 0. The van der Waals surface area contributed by atoms with Crippen LogP contribution in [0, 0.1) is 11.2 Å². The van der Waals surface area contributed by atoms with Gasteiger partial charge in [0, 0.05) is 25.5 Å². The summed E-state index contributed by atoms with van der Waals surface area (Å²) in [6, 6.07) is 4.75. The van der Waals surface area contributed by atoms with Gasteiger partial charge in [0.2, 0.25) is 0 Å². The molecule has 0 radical (unpaired) electrons. The van der Waals surface area contributed by atoms with E-state index in [1.54, 1.807) is 18.3 Å². The quantitative estimate of drug-likeness (QED) is 0.631. The van der Waals surface area contributed by atoms with E-state index >= 15 is 0 Å². The Labute approximate surface area is 110 Å². The number of amidine groups is 1. The summed E-state index contributed by atoms with van der Waals surface area (Å²) < 4.78 is 15.9. The minimum atomic E-state index is -0.459. The number of anilines is 1. The Bertz CT molecular complexity index is 634. The van der Waals surface area contributed by atoms with Gasteiger partial charge in [0.15, 0.2) is 0 Å². The Morgan fingerprint density at radius 2 is 2.21 bits per heavy atom. The number of nitrogen functional groups attached to an aromatic ring is 1. The molecular weight excluding hydrogens is 245 g/mol. The molecule has 0 bridgehead atoms. The summed E-state index contributed by atoms with van der Waals surface area (Å²) in [6.07, 6.45) is 3.69. The van der Waals surface area contributed by atoms with E-state index in [1.807, 2.05) is 11.1 Å². The van der Waals surface area contributed by atoms with Crippen LogP contribution < -0.4 is 10.6 Å². The number of hydrogen-bond acceptors (Lipinski definition) is 3. The van der Waals surface area contributed by atoms with Gasteiger partial charge < -0.3 is 15.2 Å². The average Bonchev–Trinajstić information content (AvgIpc) is 2.85. The molecule has 6 heteroatoms. The van der Waals surface area contributed by atoms with Gasteiger partial charge in [-0.3, -0.25) is 5.41 Å². The fourth-order valence-electron chi connectivity index (χ4n) is 2.42. The molecule has 98 valence electrons. The van der Waals surface area contributed by atoms with E-state index in [0.29, 0.717) is 12.2 Å². The van der Waals surface area contributed by atoms with Crippen molar-refractivity contribution in [1.29, 1.82) is 5.41 Å². The van der Waals surface area contributed by atoms with Gasteiger partial charge in [0.05, 0.1) is 17.8 Å². The zero-order chi connectivity index (χ0) is 13.4. The van der Waals surface area contributed by atoms with E-state index in [1.165, 1.54) is 6.07 Å². The standard InChI is InChI=1S/C13H14FN5/c14-9-2-1-3-10(12(9)13(15)16)19-7-6-18-5-4-17-11(18)8-19/h1-5H,6-8H2,(H3,15,16). The molecule has 3 N–H and O–H groups in total. The summed E-state index contributed by atoms with van der Waals surface area (Å²) in [4.78, 5) is 6.27. The van der Waals surface area contributed by atoms with Crippen LogP contribution in [0.1, 0.15) is 11.4 Å². The molecule has 1 aliphatic rings. The number of fused-ring (bicyclic) bond motifs is 1. The van der Waals surface area contributed by atoms with Crippen molar-refractivity contribution in [1.82, 2.24) is 9.55 Å². The molecule has 0 unspecified atom stereocenters. The predicted molar refractivity (Wildman–Crippen MR) is 70.7 cm³/mol. The second-order valence-electron chi connectivity index (χ2n) is 4.51. The van der Waals surface area contributed by atoms with Crippen molar-refractivity contribution in [3.05, 3.63) is 47.8 Å². The van der Waals surface area contributed by atoms with Gasteiger partial charge >= 0.3 is 0 Å². The largest absolute Gasteiger partial charge is 0.384 e. The van der Waals surface area contributed by atoms with Crippen molar-refractivity contribution in [2.45, 2.75) is 13.1 Å². The first-order valence-corrected chi connectivity index (χ1v) is 6.04. The number of nitrogens with two attached hydrogens (primary N) is 1. The second-order valence-corrected chi connectivity index (χ2v) is 4.51. The first kappa shape index (κ1) is 11.7. The molecule has 0 atom stereocenters. The van der Waals surface area contributed by atoms with Gasteiger partial charge in [-0.2, -0.15) is 0 Å². The molecular formula is C13H14FN5. The van der Waals surface area contributed by atoms with Crippen molar-refractivity contribution in [3.63, 3.8) is 0 Å². The van der Waals surface area contributed by atoms with Gasteiger partial charge in [-0.15, -0.1) is 0 Å². The van der Waals surface area contributed by atoms with Crippen molar-refractivity contribution in [2.24, 2.45) is 5.73 Å². The predicted octanol–water partition coefficient (Wildman–Crippen LogP) is 1.33. The Morgan fingerprint density at radius 1 is 1.37 bits per heavy atom. The molecule has 0 amide bonds. The van der Waals surface area contributed by atoms with Crippen molar-refractivity contribution in [3.8, 4) is 0 Å². The first-order valence-electron chi connectivity index (χ1n) is 6.04. The van der Waals surface area contributed by atoms with Gasteiger partial charge in [0.25, 0.3) is 0 Å². The average molecular weight is 259 g/mol. The van der Waals surface area contributed by atoms with Crippen LogP contribution in [0.25, 0.3) is 0 Å². The molecule has 0 fully saturated rings. The van der Waals surface area contributed by atoms with Crippen LogP contribution >= 0.6 is 0 Å². The lowest BCUT2D eigenvalue weighted by Crippen LogP contribution is -2.35. The molecule has 3 rings (SSSR count). The molecule has 0 spiro atoms. The third kappa shape index (κ3) is 1.95. The highest BCUT2D eigenvalue weighted by Crippen LogP contribution is 2.26. The van der Waals surface area contributed by atoms with Crippen LogP contribution in [0.5, 0.6) is 0 Å². The molecule has 0 aliphatic carbocycles. The minimum absolute atomic E-state index is 0.169. The van der Waals surface area contributed by atoms with E-state index in [9.17, 15) is 4.39 Å². The zero-order valence-electron chi connectivity index (χ0n) is 10.3. The number of nitrogens with one attached hydrogen (secondary N) is 1. The van der Waals surface area contributed by atoms with Gasteiger partial charge in [0.1, 0.15) is 17.5 Å². The van der Waals surface area contributed by atoms with Crippen LogP contribution in [0.4, 0.5) is 10.1 Å². The highest BCUT2D eigenvalue weighted by Gasteiger charge is 2.21. The Balaban J connectivity index is 2.00. The van der Waals surface area contributed by atoms with E-state index in [-0.39, 0.29) is 11.4 Å². The number of rotatable bonds is 2. The number of imidazole rings is 1. The van der Waals surface area contributed by atoms with E-state index in [0.717, 1.165) is 18.9 Å². The van der Waals surface area contributed by atoms with E-state index in [4.69, 9.17) is 11.1 Å². The molecule has 0 saturated heterocycles. The molecule has 2 heterocycles. The SMILES string of the molecule is N=C(N)c1c(F)cccc1N1CCn2ccnc2C1.